The van der Waals surface area contributed by atoms with Gasteiger partial charge >= 0.3 is 0 Å². The van der Waals surface area contributed by atoms with E-state index in [1.54, 1.807) is 0 Å². The molecule has 2 fully saturated rings. The Kier molecular flexibility index (Phi) is 13.8. The predicted octanol–water partition coefficient (Wildman–Crippen LogP) is 3.24. The smallest absolute Gasteiger partial charge is 0.190 e. The predicted molar refractivity (Wildman–Crippen MR) is 117 cm³/mol. The van der Waals surface area contributed by atoms with Crippen LogP contribution in [0.2, 0.25) is 0 Å². The van der Waals surface area contributed by atoms with Crippen LogP contribution in [-0.2, 0) is 4.74 Å². The van der Waals surface area contributed by atoms with Gasteiger partial charge in [-0.2, -0.15) is 0 Å². The van der Waals surface area contributed by atoms with Crippen molar-refractivity contribution in [2.75, 3.05) is 53.0 Å². The Morgan fingerprint density at radius 3 is 2.28 bits per heavy atom. The van der Waals surface area contributed by atoms with Crippen LogP contribution in [0.5, 0.6) is 0 Å². The first-order chi connectivity index (χ1) is 11.9. The van der Waals surface area contributed by atoms with Crippen molar-refractivity contribution < 1.29 is 4.74 Å². The number of morpholine rings is 1. The van der Waals surface area contributed by atoms with Crippen LogP contribution in [0.15, 0.2) is 4.99 Å². The average molecular weight is 466 g/mol. The Labute approximate surface area is 171 Å². The third-order valence-electron chi connectivity index (χ3n) is 5.33. The summed E-state index contributed by atoms with van der Waals surface area (Å²) in [5.74, 6) is 1.98. The van der Waals surface area contributed by atoms with Crippen molar-refractivity contribution in [3.05, 3.63) is 0 Å². The fourth-order valence-electron chi connectivity index (χ4n) is 3.78. The molecule has 1 saturated carbocycles. The van der Waals surface area contributed by atoms with E-state index >= 15 is 0 Å². The van der Waals surface area contributed by atoms with Gasteiger partial charge in [0.2, 0.25) is 0 Å². The van der Waals surface area contributed by atoms with Crippen LogP contribution in [0.1, 0.15) is 57.8 Å². The highest BCUT2D eigenvalue weighted by atomic mass is 127. The molecule has 25 heavy (non-hydrogen) atoms. The lowest BCUT2D eigenvalue weighted by atomic mass is 10.0. The van der Waals surface area contributed by atoms with Gasteiger partial charge in [-0.25, -0.2) is 0 Å². The third-order valence-corrected chi connectivity index (χ3v) is 5.33. The maximum Gasteiger partial charge on any atom is 0.190 e. The number of nitrogens with one attached hydrogen (secondary N) is 2. The minimum Gasteiger partial charge on any atom is -0.379 e. The molecule has 1 heterocycles. The van der Waals surface area contributed by atoms with Crippen LogP contribution < -0.4 is 10.6 Å². The van der Waals surface area contributed by atoms with E-state index in [1.165, 1.54) is 64.3 Å². The van der Waals surface area contributed by atoms with Gasteiger partial charge in [-0.3, -0.25) is 9.89 Å². The van der Waals surface area contributed by atoms with Gasteiger partial charge in [0.05, 0.1) is 13.2 Å². The topological polar surface area (TPSA) is 48.9 Å². The molecule has 0 aromatic carbocycles. The van der Waals surface area contributed by atoms with E-state index < -0.39 is 0 Å². The molecule has 1 saturated heterocycles. The second-order valence-electron chi connectivity index (χ2n) is 7.23. The van der Waals surface area contributed by atoms with E-state index in [0.717, 1.165) is 51.3 Å². The molecule has 1 aliphatic carbocycles. The highest BCUT2D eigenvalue weighted by Crippen LogP contribution is 2.28. The summed E-state index contributed by atoms with van der Waals surface area (Å²) in [6, 6.07) is 0. The molecule has 0 unspecified atom stereocenters. The van der Waals surface area contributed by atoms with E-state index in [-0.39, 0.29) is 24.0 Å². The maximum absolute atomic E-state index is 5.38. The lowest BCUT2D eigenvalue weighted by Gasteiger charge is -2.26. The standard InChI is InChI=1S/C19H38N4O.HI/c1-20-19(21-11-5-4-10-18-8-2-3-9-18)22-12-6-7-13-23-14-16-24-17-15-23;/h18H,2-17H2,1H3,(H2,20,21,22);1H. The average Bonchev–Trinajstić information content (AvgIpc) is 3.14. The van der Waals surface area contributed by atoms with Crippen molar-refractivity contribution in [2.45, 2.75) is 57.8 Å². The molecule has 6 heteroatoms. The van der Waals surface area contributed by atoms with Crippen molar-refractivity contribution in [2.24, 2.45) is 10.9 Å². The zero-order chi connectivity index (χ0) is 16.9. The van der Waals surface area contributed by atoms with Crippen molar-refractivity contribution in [3.63, 3.8) is 0 Å². The van der Waals surface area contributed by atoms with Crippen molar-refractivity contribution in [1.82, 2.24) is 15.5 Å². The van der Waals surface area contributed by atoms with Gasteiger partial charge < -0.3 is 15.4 Å². The Balaban J connectivity index is 0.00000312. The number of aliphatic imine (C=N–C) groups is 1. The van der Waals surface area contributed by atoms with Crippen molar-refractivity contribution >= 4 is 29.9 Å². The summed E-state index contributed by atoms with van der Waals surface area (Å²) >= 11 is 0. The van der Waals surface area contributed by atoms with E-state index in [2.05, 4.69) is 20.5 Å². The molecule has 0 aromatic heterocycles. The van der Waals surface area contributed by atoms with E-state index in [9.17, 15) is 0 Å². The number of halogens is 1. The summed E-state index contributed by atoms with van der Waals surface area (Å²) in [5.41, 5.74) is 0. The van der Waals surface area contributed by atoms with Crippen molar-refractivity contribution in [1.29, 1.82) is 0 Å². The molecule has 2 rings (SSSR count). The Morgan fingerprint density at radius 2 is 1.64 bits per heavy atom. The first kappa shape index (κ1) is 23.0. The summed E-state index contributed by atoms with van der Waals surface area (Å²) in [6.45, 7) is 7.23. The molecule has 5 nitrogen and oxygen atoms in total. The molecular formula is C19H39IN4O. The fourth-order valence-corrected chi connectivity index (χ4v) is 3.78. The zero-order valence-electron chi connectivity index (χ0n) is 16.1. The molecule has 2 aliphatic rings. The van der Waals surface area contributed by atoms with Gasteiger partial charge in [-0.1, -0.05) is 38.5 Å². The maximum atomic E-state index is 5.38. The SMILES string of the molecule is CN=C(NCCCCC1CCCC1)NCCCCN1CCOCC1.I. The summed E-state index contributed by atoms with van der Waals surface area (Å²) in [7, 11) is 1.86. The van der Waals surface area contributed by atoms with Crippen molar-refractivity contribution in [3.8, 4) is 0 Å². The summed E-state index contributed by atoms with van der Waals surface area (Å²) in [4.78, 5) is 6.82. The Hall–Kier alpha value is -0.0800. The normalized spacial score (nSPS) is 19.6. The molecule has 148 valence electrons. The molecule has 0 atom stereocenters. The number of nitrogens with zero attached hydrogens (tertiary/aromatic N) is 2. The monoisotopic (exact) mass is 466 g/mol. The van der Waals surface area contributed by atoms with Crippen LogP contribution in [0.25, 0.3) is 0 Å². The molecule has 2 N–H and O–H groups in total. The molecule has 0 spiro atoms. The Morgan fingerprint density at radius 1 is 1.00 bits per heavy atom. The highest BCUT2D eigenvalue weighted by Gasteiger charge is 2.13. The number of hydrogen-bond donors (Lipinski definition) is 2. The number of hydrogen-bond acceptors (Lipinski definition) is 3. The van der Waals surface area contributed by atoms with E-state index in [4.69, 9.17) is 4.74 Å². The molecular weight excluding hydrogens is 427 g/mol. The third kappa shape index (κ3) is 10.6. The summed E-state index contributed by atoms with van der Waals surface area (Å²) < 4.78 is 5.38. The van der Waals surface area contributed by atoms with Crippen LogP contribution in [0.3, 0.4) is 0 Å². The summed E-state index contributed by atoms with van der Waals surface area (Å²) in [5, 5.41) is 6.88. The summed E-state index contributed by atoms with van der Waals surface area (Å²) in [6.07, 6.45) is 12.3. The van der Waals surface area contributed by atoms with Crippen LogP contribution >= 0.6 is 24.0 Å². The quantitative estimate of drug-likeness (QED) is 0.225. The van der Waals surface area contributed by atoms with Crippen LogP contribution in [0.4, 0.5) is 0 Å². The van der Waals surface area contributed by atoms with E-state index in [1.807, 2.05) is 7.05 Å². The van der Waals surface area contributed by atoms with Gasteiger partial charge in [-0.05, 0) is 31.7 Å². The van der Waals surface area contributed by atoms with Gasteiger partial charge in [0, 0.05) is 33.2 Å². The number of unbranched alkanes of at least 4 members (excludes halogenated alkanes) is 2. The first-order valence-electron chi connectivity index (χ1n) is 10.1. The van der Waals surface area contributed by atoms with Crippen LogP contribution in [0, 0.1) is 5.92 Å². The first-order valence-corrected chi connectivity index (χ1v) is 10.1. The number of ether oxygens (including phenoxy) is 1. The van der Waals surface area contributed by atoms with Gasteiger partial charge in [0.1, 0.15) is 0 Å². The minimum absolute atomic E-state index is 0. The highest BCUT2D eigenvalue weighted by molar-refractivity contribution is 14.0. The number of rotatable bonds is 10. The molecule has 0 amide bonds. The fraction of sp³-hybridized carbons (Fsp3) is 0.947. The number of guanidine groups is 1. The molecule has 0 bridgehead atoms. The second kappa shape index (κ2) is 15.0. The lowest BCUT2D eigenvalue weighted by Crippen LogP contribution is -2.39. The molecule has 0 aromatic rings. The minimum atomic E-state index is 0. The van der Waals surface area contributed by atoms with E-state index in [0.29, 0.717) is 0 Å². The van der Waals surface area contributed by atoms with Gasteiger partial charge in [0.25, 0.3) is 0 Å². The second-order valence-corrected chi connectivity index (χ2v) is 7.23. The van der Waals surface area contributed by atoms with Gasteiger partial charge in [-0.15, -0.1) is 24.0 Å². The molecule has 1 aliphatic heterocycles. The zero-order valence-corrected chi connectivity index (χ0v) is 18.4. The Bertz CT molecular complexity index is 342. The molecule has 0 radical (unpaired) electrons. The largest absolute Gasteiger partial charge is 0.379 e. The van der Waals surface area contributed by atoms with Gasteiger partial charge in [0.15, 0.2) is 5.96 Å². The lowest BCUT2D eigenvalue weighted by molar-refractivity contribution is 0.0372. The van der Waals surface area contributed by atoms with Crippen LogP contribution in [-0.4, -0.2) is 63.8 Å².